The Kier molecular flexibility index (Phi) is 6.39. The van der Waals surface area contributed by atoms with E-state index in [1.54, 1.807) is 12.4 Å². The van der Waals surface area contributed by atoms with Crippen molar-refractivity contribution in [3.8, 4) is 50.8 Å². The minimum absolute atomic E-state index is 0.804. The third-order valence-corrected chi connectivity index (χ3v) is 8.69. The van der Waals surface area contributed by atoms with Crippen LogP contribution in [0.25, 0.3) is 83.6 Å². The maximum absolute atomic E-state index is 5.32. The number of para-hydroxylation sites is 3. The first-order valence-corrected chi connectivity index (χ1v) is 15.6. The molecule has 0 spiro atoms. The van der Waals surface area contributed by atoms with Gasteiger partial charge in [-0.1, -0.05) is 91.0 Å². The molecule has 0 N–H and O–H groups in total. The predicted molar refractivity (Wildman–Crippen MR) is 191 cm³/mol. The Hall–Kier alpha value is -6.46. The summed E-state index contributed by atoms with van der Waals surface area (Å²) in [7, 11) is 0. The van der Waals surface area contributed by atoms with Crippen molar-refractivity contribution < 1.29 is 0 Å². The van der Waals surface area contributed by atoms with Gasteiger partial charge in [-0.05, 0) is 71.8 Å². The van der Waals surface area contributed by atoms with Crippen molar-refractivity contribution in [3.05, 3.63) is 164 Å². The predicted octanol–water partition coefficient (Wildman–Crippen LogP) is 10.2. The Labute approximate surface area is 271 Å². The summed E-state index contributed by atoms with van der Waals surface area (Å²) in [4.78, 5) is 19.4. The molecule has 0 radical (unpaired) electrons. The maximum Gasteiger partial charge on any atom is 0.0956 e. The molecule has 0 saturated carbocycles. The van der Waals surface area contributed by atoms with E-state index < -0.39 is 0 Å². The highest BCUT2D eigenvalue weighted by molar-refractivity contribution is 6.23. The lowest BCUT2D eigenvalue weighted by Gasteiger charge is -2.13. The number of rotatable bonds is 5. The summed E-state index contributed by atoms with van der Waals surface area (Å²) in [6, 6.07) is 52.3. The molecular formula is C42H27N5. The second-order valence-electron chi connectivity index (χ2n) is 11.5. The van der Waals surface area contributed by atoms with Crippen molar-refractivity contribution in [1.82, 2.24) is 24.5 Å². The van der Waals surface area contributed by atoms with Crippen LogP contribution in [0.3, 0.4) is 0 Å². The van der Waals surface area contributed by atoms with Gasteiger partial charge in [-0.3, -0.25) is 9.97 Å². The first-order valence-electron chi connectivity index (χ1n) is 15.6. The van der Waals surface area contributed by atoms with Gasteiger partial charge in [0.1, 0.15) is 0 Å². The van der Waals surface area contributed by atoms with Gasteiger partial charge in [0.05, 0.1) is 45.0 Å². The highest BCUT2D eigenvalue weighted by atomic mass is 15.0. The SMILES string of the molecule is c1ccc(-n2c3ccccc3c3c4ccccc4nc(-c4ccc(-c5cc(-c6ccccn6)nc(-c6ccccn6)c5)cc4)c32)cc1. The number of pyridine rings is 4. The van der Waals surface area contributed by atoms with Crippen molar-refractivity contribution in [3.63, 3.8) is 0 Å². The number of aromatic nitrogens is 5. The fourth-order valence-corrected chi connectivity index (χ4v) is 6.55. The summed E-state index contributed by atoms with van der Waals surface area (Å²) in [5, 5.41) is 3.57. The molecule has 47 heavy (non-hydrogen) atoms. The van der Waals surface area contributed by atoms with Crippen molar-refractivity contribution in [2.75, 3.05) is 0 Å². The average Bonchev–Trinajstić information content (AvgIpc) is 3.51. The lowest BCUT2D eigenvalue weighted by atomic mass is 9.99. The Bertz CT molecular complexity index is 2480. The summed E-state index contributed by atoms with van der Waals surface area (Å²) in [6.45, 7) is 0. The van der Waals surface area contributed by atoms with Gasteiger partial charge in [0.25, 0.3) is 0 Å². The van der Waals surface area contributed by atoms with E-state index in [1.165, 1.54) is 10.8 Å². The molecule has 0 bridgehead atoms. The molecule has 0 aliphatic heterocycles. The summed E-state index contributed by atoms with van der Waals surface area (Å²) in [6.07, 6.45) is 3.59. The van der Waals surface area contributed by atoms with Crippen LogP contribution in [-0.2, 0) is 0 Å². The second-order valence-corrected chi connectivity index (χ2v) is 11.5. The lowest BCUT2D eigenvalue weighted by Crippen LogP contribution is -1.97. The average molecular weight is 602 g/mol. The van der Waals surface area contributed by atoms with Crippen LogP contribution in [0.2, 0.25) is 0 Å². The van der Waals surface area contributed by atoms with Gasteiger partial charge in [0, 0.05) is 39.8 Å². The van der Waals surface area contributed by atoms with Crippen LogP contribution >= 0.6 is 0 Å². The van der Waals surface area contributed by atoms with E-state index in [0.29, 0.717) is 0 Å². The number of benzene rings is 4. The number of fused-ring (bicyclic) bond motifs is 5. The van der Waals surface area contributed by atoms with Crippen LogP contribution in [0.15, 0.2) is 164 Å². The molecule has 0 aliphatic rings. The van der Waals surface area contributed by atoms with Gasteiger partial charge in [-0.2, -0.15) is 0 Å². The largest absolute Gasteiger partial charge is 0.307 e. The van der Waals surface area contributed by atoms with Gasteiger partial charge in [-0.15, -0.1) is 0 Å². The Morgan fingerprint density at radius 2 is 1.02 bits per heavy atom. The molecule has 5 heteroatoms. The van der Waals surface area contributed by atoms with Gasteiger partial charge < -0.3 is 4.57 Å². The van der Waals surface area contributed by atoms with Crippen LogP contribution in [-0.4, -0.2) is 24.5 Å². The summed E-state index contributed by atoms with van der Waals surface area (Å²) in [5.41, 5.74) is 11.7. The molecule has 9 aromatic rings. The Morgan fingerprint density at radius 3 is 1.70 bits per heavy atom. The van der Waals surface area contributed by atoms with Crippen LogP contribution in [0.1, 0.15) is 0 Å². The summed E-state index contributed by atoms with van der Waals surface area (Å²) < 4.78 is 2.36. The van der Waals surface area contributed by atoms with E-state index in [0.717, 1.165) is 72.8 Å². The van der Waals surface area contributed by atoms with Crippen molar-refractivity contribution in [1.29, 1.82) is 0 Å². The molecule has 220 valence electrons. The molecule has 5 heterocycles. The number of nitrogens with zero attached hydrogens (tertiary/aromatic N) is 5. The van der Waals surface area contributed by atoms with Gasteiger partial charge in [0.2, 0.25) is 0 Å². The monoisotopic (exact) mass is 601 g/mol. The summed E-state index contributed by atoms with van der Waals surface area (Å²) in [5.74, 6) is 0. The molecule has 5 aromatic heterocycles. The molecule has 0 fully saturated rings. The first kappa shape index (κ1) is 26.9. The normalized spacial score (nSPS) is 11.4. The third-order valence-electron chi connectivity index (χ3n) is 8.69. The van der Waals surface area contributed by atoms with Gasteiger partial charge >= 0.3 is 0 Å². The molecule has 4 aromatic carbocycles. The zero-order chi connectivity index (χ0) is 31.2. The zero-order valence-electron chi connectivity index (χ0n) is 25.3. The number of hydrogen-bond acceptors (Lipinski definition) is 4. The van der Waals surface area contributed by atoms with E-state index in [-0.39, 0.29) is 0 Å². The van der Waals surface area contributed by atoms with Crippen LogP contribution in [0, 0.1) is 0 Å². The second kappa shape index (κ2) is 11.2. The minimum Gasteiger partial charge on any atom is -0.307 e. The minimum atomic E-state index is 0.804. The van der Waals surface area contributed by atoms with Crippen LogP contribution in [0.5, 0.6) is 0 Å². The quantitative estimate of drug-likeness (QED) is 0.197. The highest BCUT2D eigenvalue weighted by Gasteiger charge is 2.20. The summed E-state index contributed by atoms with van der Waals surface area (Å²) >= 11 is 0. The van der Waals surface area contributed by atoms with Crippen molar-refractivity contribution in [2.24, 2.45) is 0 Å². The molecular weight excluding hydrogens is 574 g/mol. The molecule has 9 rings (SSSR count). The number of hydrogen-bond donors (Lipinski definition) is 0. The molecule has 0 saturated heterocycles. The van der Waals surface area contributed by atoms with Gasteiger partial charge in [-0.25, -0.2) is 9.97 Å². The Morgan fingerprint density at radius 1 is 0.426 bits per heavy atom. The standard InChI is InChI=1S/C42H27N5/c1-2-12-31(13-3-1)47-39-19-7-5-15-33(39)40-32-14-4-6-16-34(32)46-41(42(40)47)29-22-20-28(21-23-29)30-26-37(35-17-8-10-24-43-35)45-38(27-30)36-18-9-11-25-44-36/h1-27H. The lowest BCUT2D eigenvalue weighted by molar-refractivity contribution is 1.17. The van der Waals surface area contributed by atoms with E-state index in [9.17, 15) is 0 Å². The third kappa shape index (κ3) is 4.64. The van der Waals surface area contributed by atoms with Crippen molar-refractivity contribution >= 4 is 32.7 Å². The zero-order valence-corrected chi connectivity index (χ0v) is 25.3. The van der Waals surface area contributed by atoms with E-state index in [2.05, 4.69) is 130 Å². The Balaban J connectivity index is 1.25. The fraction of sp³-hybridized carbons (Fsp3) is 0. The van der Waals surface area contributed by atoms with E-state index in [1.807, 2.05) is 36.4 Å². The molecule has 0 atom stereocenters. The molecule has 0 amide bonds. The topological polar surface area (TPSA) is 56.5 Å². The highest BCUT2D eigenvalue weighted by Crippen LogP contribution is 2.41. The smallest absolute Gasteiger partial charge is 0.0956 e. The van der Waals surface area contributed by atoms with Crippen LogP contribution < -0.4 is 0 Å². The molecule has 5 nitrogen and oxygen atoms in total. The fourth-order valence-electron chi connectivity index (χ4n) is 6.55. The van der Waals surface area contributed by atoms with E-state index >= 15 is 0 Å². The maximum atomic E-state index is 5.32. The van der Waals surface area contributed by atoms with Crippen LogP contribution in [0.4, 0.5) is 0 Å². The molecule has 0 unspecified atom stereocenters. The van der Waals surface area contributed by atoms with E-state index in [4.69, 9.17) is 9.97 Å². The first-order chi connectivity index (χ1) is 23.3. The van der Waals surface area contributed by atoms with Crippen molar-refractivity contribution in [2.45, 2.75) is 0 Å². The molecule has 0 aliphatic carbocycles. The van der Waals surface area contributed by atoms with Gasteiger partial charge in [0.15, 0.2) is 0 Å².